The molecule has 7 aliphatic heterocycles. The Labute approximate surface area is 321 Å². The zero-order valence-electron chi connectivity index (χ0n) is 31.5. The standard InChI is InChI=1S/C40H56FN7O5S/c1-26-34-24-36(49)44-31(4-2-3-15-42-38(51)27-5-7-29(41)8-6-27)23-37(50)46-18-11-33(12-19-46)48-25-32(43-30-13-20-53-21-14-30)22-35(48)40(52)47-16-9-28(10-17-47)39(45-34)54-26/h5-8,28,30-33,35,43H,2-4,9-25H2,1H3,(H,42,51)(H,44,49)/t31-,32-,35-/m0/s1. The van der Waals surface area contributed by atoms with Gasteiger partial charge >= 0.3 is 0 Å². The minimum absolute atomic E-state index is 0.0291. The Balaban J connectivity index is 1.03. The number of nitrogens with one attached hydrogen (secondary N) is 3. The summed E-state index contributed by atoms with van der Waals surface area (Å²) >= 11 is 1.66. The molecule has 14 heteroatoms. The van der Waals surface area contributed by atoms with Crippen molar-refractivity contribution in [3.05, 3.63) is 51.2 Å². The van der Waals surface area contributed by atoms with Crippen molar-refractivity contribution in [3.63, 3.8) is 0 Å². The van der Waals surface area contributed by atoms with Gasteiger partial charge in [-0.05, 0) is 95.4 Å². The van der Waals surface area contributed by atoms with Gasteiger partial charge < -0.3 is 30.5 Å². The second-order valence-corrected chi connectivity index (χ2v) is 17.1. The van der Waals surface area contributed by atoms with E-state index in [4.69, 9.17) is 9.72 Å². The smallest absolute Gasteiger partial charge is 0.251 e. The highest BCUT2D eigenvalue weighted by Gasteiger charge is 2.44. The summed E-state index contributed by atoms with van der Waals surface area (Å²) in [6.07, 6.45) is 8.51. The van der Waals surface area contributed by atoms with Crippen LogP contribution in [0.25, 0.3) is 0 Å². The van der Waals surface area contributed by atoms with Crippen LogP contribution in [-0.2, 0) is 25.5 Å². The fraction of sp³-hybridized carbons (Fsp3) is 0.675. The van der Waals surface area contributed by atoms with E-state index in [0.29, 0.717) is 63.6 Å². The number of halogens is 1. The van der Waals surface area contributed by atoms with E-state index in [0.717, 1.165) is 80.3 Å². The van der Waals surface area contributed by atoms with Gasteiger partial charge in [0.25, 0.3) is 5.91 Å². The molecule has 294 valence electrons. The van der Waals surface area contributed by atoms with Gasteiger partial charge in [-0.3, -0.25) is 24.1 Å². The molecule has 3 N–H and O–H groups in total. The van der Waals surface area contributed by atoms with Gasteiger partial charge in [-0.1, -0.05) is 0 Å². The second kappa shape index (κ2) is 18.0. The maximum atomic E-state index is 14.3. The Kier molecular flexibility index (Phi) is 12.9. The summed E-state index contributed by atoms with van der Waals surface area (Å²) in [5.74, 6) is -0.262. The van der Waals surface area contributed by atoms with Crippen LogP contribution in [-0.4, -0.2) is 126 Å². The quantitative estimate of drug-likeness (QED) is 0.348. The van der Waals surface area contributed by atoms with Crippen LogP contribution in [0.5, 0.6) is 0 Å². The summed E-state index contributed by atoms with van der Waals surface area (Å²) in [6.45, 7) is 7.52. The highest BCUT2D eigenvalue weighted by molar-refractivity contribution is 7.11. The molecule has 7 aliphatic rings. The molecule has 0 unspecified atom stereocenters. The summed E-state index contributed by atoms with van der Waals surface area (Å²) in [6, 6.07) is 5.83. The number of unbranched alkanes of at least 4 members (excludes halogenated alkanes) is 1. The van der Waals surface area contributed by atoms with E-state index in [2.05, 4.69) is 25.8 Å². The van der Waals surface area contributed by atoms with Gasteiger partial charge in [-0.2, -0.15) is 0 Å². The molecule has 54 heavy (non-hydrogen) atoms. The number of fused-ring (bicyclic) bond motifs is 2. The van der Waals surface area contributed by atoms with E-state index in [1.165, 1.54) is 24.3 Å². The fourth-order valence-corrected chi connectivity index (χ4v) is 10.1. The first-order valence-corrected chi connectivity index (χ1v) is 21.0. The zero-order valence-corrected chi connectivity index (χ0v) is 32.3. The second-order valence-electron chi connectivity index (χ2n) is 15.9. The van der Waals surface area contributed by atoms with E-state index in [1.807, 2.05) is 11.8 Å². The number of thiazole rings is 1. The highest BCUT2D eigenvalue weighted by atomic mass is 32.1. The largest absolute Gasteiger partial charge is 0.381 e. The molecule has 0 aliphatic carbocycles. The van der Waals surface area contributed by atoms with Gasteiger partial charge in [0.15, 0.2) is 0 Å². The minimum atomic E-state index is -0.391. The predicted octanol–water partition coefficient (Wildman–Crippen LogP) is 3.53. The Morgan fingerprint density at radius 1 is 0.963 bits per heavy atom. The number of carbonyl (C=O) groups excluding carboxylic acids is 4. The van der Waals surface area contributed by atoms with Crippen LogP contribution in [0.15, 0.2) is 24.3 Å². The fourth-order valence-electron chi connectivity index (χ4n) is 9.04. The van der Waals surface area contributed by atoms with Crippen LogP contribution in [0.4, 0.5) is 4.39 Å². The Morgan fingerprint density at radius 2 is 1.69 bits per heavy atom. The number of piperidine rings is 2. The van der Waals surface area contributed by atoms with Crippen molar-refractivity contribution in [1.29, 1.82) is 0 Å². The summed E-state index contributed by atoms with van der Waals surface area (Å²) < 4.78 is 18.9. The van der Waals surface area contributed by atoms with Crippen LogP contribution in [0.1, 0.15) is 102 Å². The molecule has 8 heterocycles. The maximum Gasteiger partial charge on any atom is 0.251 e. The van der Waals surface area contributed by atoms with Gasteiger partial charge in [0.1, 0.15) is 5.82 Å². The summed E-state index contributed by atoms with van der Waals surface area (Å²) in [5, 5.41) is 11.0. The maximum absolute atomic E-state index is 14.3. The lowest BCUT2D eigenvalue weighted by Crippen LogP contribution is -2.54. The molecule has 3 atom stereocenters. The van der Waals surface area contributed by atoms with Crippen molar-refractivity contribution >= 4 is 35.0 Å². The zero-order chi connectivity index (χ0) is 37.6. The first kappa shape index (κ1) is 38.8. The normalized spacial score (nSPS) is 27.6. The average molecular weight is 766 g/mol. The molecule has 2 aromatic rings. The van der Waals surface area contributed by atoms with Crippen molar-refractivity contribution in [2.45, 2.75) is 120 Å². The molecule has 6 bridgehead atoms. The third-order valence-electron chi connectivity index (χ3n) is 12.2. The molecule has 12 nitrogen and oxygen atoms in total. The van der Waals surface area contributed by atoms with Crippen molar-refractivity contribution in [3.8, 4) is 0 Å². The molecule has 0 radical (unpaired) electrons. The molecule has 4 saturated heterocycles. The molecular formula is C40H56FN7O5S. The van der Waals surface area contributed by atoms with Gasteiger partial charge in [0.2, 0.25) is 17.7 Å². The van der Waals surface area contributed by atoms with E-state index in [-0.39, 0.29) is 66.6 Å². The van der Waals surface area contributed by atoms with Gasteiger partial charge in [0.05, 0.1) is 23.2 Å². The lowest BCUT2D eigenvalue weighted by atomic mass is 9.96. The lowest BCUT2D eigenvalue weighted by molar-refractivity contribution is -0.139. The SMILES string of the molecule is Cc1sc2nc1CC(=O)N[C@@H](CCCCNC(=O)c1ccc(F)cc1)CC(=O)N1CCC(CC1)N1C[C@@H](NC3CCOCC3)C[C@H]1C(=O)N1CCC2CC1. The molecule has 4 fully saturated rings. The van der Waals surface area contributed by atoms with Crippen LogP contribution < -0.4 is 16.0 Å². The number of benzene rings is 1. The van der Waals surface area contributed by atoms with E-state index < -0.39 is 5.82 Å². The average Bonchev–Trinajstić information content (AvgIpc) is 3.77. The van der Waals surface area contributed by atoms with Crippen LogP contribution in [0.2, 0.25) is 0 Å². The minimum Gasteiger partial charge on any atom is -0.381 e. The summed E-state index contributed by atoms with van der Waals surface area (Å²) in [5.41, 5.74) is 1.18. The number of hydrogen-bond acceptors (Lipinski definition) is 9. The van der Waals surface area contributed by atoms with Crippen LogP contribution in [0.3, 0.4) is 0 Å². The number of ether oxygens (including phenoxy) is 1. The summed E-state index contributed by atoms with van der Waals surface area (Å²) in [7, 11) is 0. The highest BCUT2D eigenvalue weighted by Crippen LogP contribution is 2.35. The first-order chi connectivity index (χ1) is 26.2. The van der Waals surface area contributed by atoms with Crippen molar-refractivity contribution in [1.82, 2.24) is 35.6 Å². The van der Waals surface area contributed by atoms with Gasteiger partial charge in [-0.15, -0.1) is 11.3 Å². The topological polar surface area (TPSA) is 136 Å². The number of rotatable bonds is 8. The number of nitrogens with zero attached hydrogens (tertiary/aromatic N) is 4. The third kappa shape index (κ3) is 9.66. The Morgan fingerprint density at radius 3 is 2.43 bits per heavy atom. The summed E-state index contributed by atoms with van der Waals surface area (Å²) in [4.78, 5) is 66.5. The molecule has 1 aromatic carbocycles. The molecular weight excluding hydrogens is 710 g/mol. The number of aromatic nitrogens is 1. The predicted molar refractivity (Wildman–Crippen MR) is 204 cm³/mol. The monoisotopic (exact) mass is 765 g/mol. The van der Waals surface area contributed by atoms with E-state index >= 15 is 0 Å². The van der Waals surface area contributed by atoms with Crippen LogP contribution in [0, 0.1) is 12.7 Å². The third-order valence-corrected chi connectivity index (χ3v) is 13.3. The van der Waals surface area contributed by atoms with Crippen LogP contribution >= 0.6 is 11.3 Å². The Hall–Kier alpha value is -3.46. The lowest BCUT2D eigenvalue weighted by Gasteiger charge is -2.41. The number of aryl methyl sites for hydroxylation is 1. The molecule has 1 aromatic heterocycles. The van der Waals surface area contributed by atoms with Crippen molar-refractivity contribution in [2.24, 2.45) is 0 Å². The number of amides is 4. The molecule has 9 rings (SSSR count). The molecule has 4 amide bonds. The number of carbonyl (C=O) groups is 4. The van der Waals surface area contributed by atoms with Crippen molar-refractivity contribution < 1.29 is 28.3 Å². The first-order valence-electron chi connectivity index (χ1n) is 20.2. The van der Waals surface area contributed by atoms with E-state index in [9.17, 15) is 23.6 Å². The van der Waals surface area contributed by atoms with E-state index in [1.54, 1.807) is 11.3 Å². The Bertz CT molecular complexity index is 1620. The van der Waals surface area contributed by atoms with Gasteiger partial charge in [-0.25, -0.2) is 9.37 Å². The van der Waals surface area contributed by atoms with Crippen molar-refractivity contribution in [2.75, 3.05) is 52.5 Å². The number of hydrogen-bond donors (Lipinski definition) is 3. The molecule has 0 saturated carbocycles. The molecule has 0 spiro atoms. The van der Waals surface area contributed by atoms with Gasteiger partial charge in [0, 0.05) is 99.4 Å².